The monoisotopic (exact) mass is 384 g/mol. The van der Waals surface area contributed by atoms with Crippen molar-refractivity contribution in [3.8, 4) is 0 Å². The molecule has 4 heteroatoms. The molecule has 0 unspecified atom stereocenters. The highest BCUT2D eigenvalue weighted by Crippen LogP contribution is 2.45. The van der Waals surface area contributed by atoms with E-state index in [1.54, 1.807) is 0 Å². The smallest absolute Gasteiger partial charge is 0.259 e. The van der Waals surface area contributed by atoms with Crippen LogP contribution in [0.2, 0.25) is 0 Å². The Balaban J connectivity index is 1.81. The van der Waals surface area contributed by atoms with Crippen molar-refractivity contribution in [1.82, 2.24) is 4.90 Å². The van der Waals surface area contributed by atoms with Gasteiger partial charge in [0.1, 0.15) is 0 Å². The van der Waals surface area contributed by atoms with Crippen molar-refractivity contribution in [3.05, 3.63) is 63.6 Å². The molecule has 0 radical (unpaired) electrons. The first-order valence-corrected chi connectivity index (χ1v) is 9.23. The number of carbonyl (C=O) groups excluding carboxylic acids is 1. The molecule has 1 fully saturated rings. The average molecular weight is 385 g/mol. The van der Waals surface area contributed by atoms with Crippen molar-refractivity contribution in [2.75, 3.05) is 25.0 Å². The van der Waals surface area contributed by atoms with E-state index in [2.05, 4.69) is 53.0 Å². The van der Waals surface area contributed by atoms with E-state index < -0.39 is 0 Å². The van der Waals surface area contributed by atoms with Gasteiger partial charge in [0, 0.05) is 28.7 Å². The summed E-state index contributed by atoms with van der Waals surface area (Å²) in [6.07, 6.45) is 1.02. The summed E-state index contributed by atoms with van der Waals surface area (Å²) in [7, 11) is 2.17. The summed E-state index contributed by atoms with van der Waals surface area (Å²) in [6, 6.07) is 14.5. The number of aryl methyl sites for hydroxylation is 1. The number of halogens is 1. The maximum atomic E-state index is 13.3. The van der Waals surface area contributed by atoms with Crippen LogP contribution < -0.4 is 4.90 Å². The fourth-order valence-corrected chi connectivity index (χ4v) is 4.57. The van der Waals surface area contributed by atoms with Gasteiger partial charge in [0.25, 0.3) is 5.91 Å². The van der Waals surface area contributed by atoms with Crippen LogP contribution in [0.3, 0.4) is 0 Å². The van der Waals surface area contributed by atoms with Gasteiger partial charge >= 0.3 is 0 Å². The zero-order valence-electron chi connectivity index (χ0n) is 14.0. The number of piperidine rings is 1. The highest BCUT2D eigenvalue weighted by molar-refractivity contribution is 9.10. The fraction of sp³-hybridized carbons (Fsp3) is 0.350. The molecule has 0 aliphatic carbocycles. The molecule has 2 aliphatic rings. The summed E-state index contributed by atoms with van der Waals surface area (Å²) in [6.45, 7) is 4.18. The van der Waals surface area contributed by atoms with Gasteiger partial charge in [0.15, 0.2) is 0 Å². The Labute approximate surface area is 151 Å². The summed E-state index contributed by atoms with van der Waals surface area (Å²) in [5.41, 5.74) is 4.41. The van der Waals surface area contributed by atoms with Gasteiger partial charge in [0.2, 0.25) is 0 Å². The van der Waals surface area contributed by atoms with Crippen LogP contribution in [0.15, 0.2) is 46.9 Å². The van der Waals surface area contributed by atoms with Gasteiger partial charge in [-0.05, 0) is 66.6 Å². The third-order valence-corrected chi connectivity index (χ3v) is 5.97. The number of carbonyl (C=O) groups is 1. The van der Waals surface area contributed by atoms with Crippen LogP contribution in [0.25, 0.3) is 0 Å². The van der Waals surface area contributed by atoms with Crippen molar-refractivity contribution >= 4 is 27.5 Å². The molecule has 0 aromatic heterocycles. The topological polar surface area (TPSA) is 23.6 Å². The summed E-state index contributed by atoms with van der Waals surface area (Å²) >= 11 is 3.54. The molecule has 124 valence electrons. The number of amides is 1. The molecule has 0 bridgehead atoms. The first kappa shape index (κ1) is 15.9. The van der Waals surface area contributed by atoms with Crippen LogP contribution >= 0.6 is 15.9 Å². The molecule has 3 nitrogen and oxygen atoms in total. The van der Waals surface area contributed by atoms with E-state index in [0.717, 1.165) is 35.2 Å². The molecule has 24 heavy (non-hydrogen) atoms. The van der Waals surface area contributed by atoms with E-state index in [-0.39, 0.29) is 11.9 Å². The lowest BCUT2D eigenvalue weighted by Crippen LogP contribution is -2.47. The summed E-state index contributed by atoms with van der Waals surface area (Å²) in [4.78, 5) is 17.8. The molecule has 0 N–H and O–H groups in total. The molecule has 2 aromatic carbocycles. The molecule has 4 rings (SSSR count). The van der Waals surface area contributed by atoms with Gasteiger partial charge < -0.3 is 9.80 Å². The number of likely N-dealkylation sites (N-methyl/N-ethyl adjacent to an activating group) is 1. The second-order valence-electron chi connectivity index (χ2n) is 6.94. The second-order valence-corrected chi connectivity index (χ2v) is 7.80. The number of hydrogen-bond donors (Lipinski definition) is 0. The Kier molecular flexibility index (Phi) is 3.97. The normalized spacial score (nSPS) is 23.0. The fourth-order valence-electron chi connectivity index (χ4n) is 4.11. The quantitative estimate of drug-likeness (QED) is 0.735. The first-order valence-electron chi connectivity index (χ1n) is 8.43. The van der Waals surface area contributed by atoms with E-state index >= 15 is 0 Å². The van der Waals surface area contributed by atoms with Crippen molar-refractivity contribution < 1.29 is 4.79 Å². The van der Waals surface area contributed by atoms with Crippen LogP contribution in [0.4, 0.5) is 5.69 Å². The maximum Gasteiger partial charge on any atom is 0.259 e. The van der Waals surface area contributed by atoms with Gasteiger partial charge in [-0.1, -0.05) is 29.8 Å². The molecule has 0 saturated carbocycles. The van der Waals surface area contributed by atoms with E-state index in [4.69, 9.17) is 0 Å². The maximum absolute atomic E-state index is 13.3. The summed E-state index contributed by atoms with van der Waals surface area (Å²) in [5, 5.41) is 0. The van der Waals surface area contributed by atoms with Crippen molar-refractivity contribution in [1.29, 1.82) is 0 Å². The Hall–Kier alpha value is -1.65. The molecule has 1 saturated heterocycles. The van der Waals surface area contributed by atoms with Gasteiger partial charge in [-0.3, -0.25) is 4.79 Å². The predicted octanol–water partition coefficient (Wildman–Crippen LogP) is 4.21. The number of rotatable bonds is 1. The third-order valence-electron chi connectivity index (χ3n) is 5.28. The van der Waals surface area contributed by atoms with Gasteiger partial charge in [-0.2, -0.15) is 0 Å². The average Bonchev–Trinajstić information content (AvgIpc) is 2.88. The van der Waals surface area contributed by atoms with Crippen LogP contribution in [0.1, 0.15) is 33.8 Å². The molecule has 2 heterocycles. The van der Waals surface area contributed by atoms with Crippen molar-refractivity contribution in [2.24, 2.45) is 0 Å². The molecule has 2 aliphatic heterocycles. The highest BCUT2D eigenvalue weighted by atomic mass is 79.9. The van der Waals surface area contributed by atoms with E-state index in [0.29, 0.717) is 5.92 Å². The van der Waals surface area contributed by atoms with Crippen LogP contribution in [0.5, 0.6) is 0 Å². The summed E-state index contributed by atoms with van der Waals surface area (Å²) in [5.74, 6) is 0.509. The van der Waals surface area contributed by atoms with E-state index in [1.807, 2.05) is 29.2 Å². The minimum Gasteiger partial charge on any atom is -0.306 e. The predicted molar refractivity (Wildman–Crippen MR) is 101 cm³/mol. The highest BCUT2D eigenvalue weighted by Gasteiger charge is 2.44. The van der Waals surface area contributed by atoms with Gasteiger partial charge in [-0.25, -0.2) is 0 Å². The van der Waals surface area contributed by atoms with Crippen LogP contribution in [0, 0.1) is 6.92 Å². The van der Waals surface area contributed by atoms with Crippen molar-refractivity contribution in [3.63, 3.8) is 0 Å². The number of benzene rings is 2. The Morgan fingerprint density at radius 1 is 1.21 bits per heavy atom. The number of anilines is 1. The lowest BCUT2D eigenvalue weighted by atomic mass is 9.88. The molecular weight excluding hydrogens is 364 g/mol. The molecule has 1 amide bonds. The van der Waals surface area contributed by atoms with Crippen LogP contribution in [-0.2, 0) is 0 Å². The Morgan fingerprint density at radius 3 is 2.79 bits per heavy atom. The minimum atomic E-state index is 0.102. The molecular formula is C20H21BrN2O. The van der Waals surface area contributed by atoms with Gasteiger partial charge in [0.05, 0.1) is 5.56 Å². The van der Waals surface area contributed by atoms with Crippen LogP contribution in [-0.4, -0.2) is 37.0 Å². The minimum absolute atomic E-state index is 0.102. The Bertz CT molecular complexity index is 804. The number of nitrogens with zero attached hydrogens (tertiary/aromatic N) is 2. The number of fused-ring (bicyclic) bond motifs is 3. The molecule has 2 aromatic rings. The zero-order chi connectivity index (χ0) is 16.8. The SMILES string of the molecule is Cc1ccc2c(c1)[C@@H]1CN(C)CC[C@@H]1N2C(=O)c1ccccc1Br. The second kappa shape index (κ2) is 6.01. The standard InChI is InChI=1S/C20H21BrN2O/c1-13-7-8-18-15(11-13)16-12-22(2)10-9-19(16)23(18)20(24)14-5-3-4-6-17(14)21/h3-8,11,16,19H,9-10,12H2,1-2H3/t16-,19-/m0/s1. The van der Waals surface area contributed by atoms with E-state index in [1.165, 1.54) is 11.1 Å². The molecule has 2 atom stereocenters. The summed E-state index contributed by atoms with van der Waals surface area (Å²) < 4.78 is 0.861. The third kappa shape index (κ3) is 2.49. The van der Waals surface area contributed by atoms with E-state index in [9.17, 15) is 4.79 Å². The number of likely N-dealkylation sites (tertiary alicyclic amines) is 1. The van der Waals surface area contributed by atoms with Crippen molar-refractivity contribution in [2.45, 2.75) is 25.3 Å². The van der Waals surface area contributed by atoms with Gasteiger partial charge in [-0.15, -0.1) is 0 Å². The number of hydrogen-bond acceptors (Lipinski definition) is 2. The molecule has 0 spiro atoms. The zero-order valence-corrected chi connectivity index (χ0v) is 15.6. The Morgan fingerprint density at radius 2 is 2.00 bits per heavy atom. The lowest BCUT2D eigenvalue weighted by molar-refractivity contribution is 0.0964. The first-order chi connectivity index (χ1) is 11.6. The lowest BCUT2D eigenvalue weighted by Gasteiger charge is -2.36. The largest absolute Gasteiger partial charge is 0.306 e.